The second-order valence-electron chi connectivity index (χ2n) is 7.01. The third-order valence-corrected chi connectivity index (χ3v) is 5.39. The molecule has 0 bridgehead atoms. The van der Waals surface area contributed by atoms with Gasteiger partial charge in [-0.3, -0.25) is 9.80 Å². The number of unbranched alkanes of at least 4 members (excludes halogenated alkanes) is 1. The Bertz CT molecular complexity index is 560. The first-order chi connectivity index (χ1) is 11.8. The van der Waals surface area contributed by atoms with Crippen LogP contribution in [0.1, 0.15) is 62.6 Å². The monoisotopic (exact) mass is 330 g/mol. The highest BCUT2D eigenvalue weighted by atomic mass is 16.5. The molecule has 2 atom stereocenters. The number of nitrogens with zero attached hydrogens (tertiary/aromatic N) is 2. The number of rotatable bonds is 6. The van der Waals surface area contributed by atoms with E-state index in [0.717, 1.165) is 45.1 Å². The van der Waals surface area contributed by atoms with Crippen LogP contribution in [-0.4, -0.2) is 42.2 Å². The van der Waals surface area contributed by atoms with Crippen LogP contribution in [0.4, 0.5) is 0 Å². The van der Waals surface area contributed by atoms with Crippen LogP contribution in [0.15, 0.2) is 24.3 Å². The summed E-state index contributed by atoms with van der Waals surface area (Å²) >= 11 is 0. The average molecular weight is 330 g/mol. The summed E-state index contributed by atoms with van der Waals surface area (Å²) in [5.74, 6) is 0.273. The van der Waals surface area contributed by atoms with E-state index < -0.39 is 0 Å². The first-order valence-electron chi connectivity index (χ1n) is 9.41. The molecule has 0 saturated carbocycles. The standard InChI is InChI=1S/C20H30N2O2/c1-3-4-11-19-18-10-6-5-8-16(18)12-13-20(23)22(19)21-14-7-9-17(21)15-24-2/h5-6,8,10,17,19H,3-4,7,9,11-15H2,1-2H3/t17-,19+/m0/s1. The van der Waals surface area contributed by atoms with Gasteiger partial charge in [0, 0.05) is 20.1 Å². The van der Waals surface area contributed by atoms with Crippen molar-refractivity contribution in [3.05, 3.63) is 35.4 Å². The Balaban J connectivity index is 1.95. The first kappa shape index (κ1) is 17.4. The normalized spacial score (nSPS) is 24.9. The molecule has 2 heterocycles. The number of hydrogen-bond acceptors (Lipinski definition) is 3. The van der Waals surface area contributed by atoms with E-state index in [1.807, 2.05) is 0 Å². The number of hydrogen-bond donors (Lipinski definition) is 0. The molecule has 0 radical (unpaired) electrons. The summed E-state index contributed by atoms with van der Waals surface area (Å²) in [6.45, 7) is 3.88. The van der Waals surface area contributed by atoms with Crippen molar-refractivity contribution in [3.63, 3.8) is 0 Å². The van der Waals surface area contributed by atoms with Crippen LogP contribution in [0.3, 0.4) is 0 Å². The van der Waals surface area contributed by atoms with Crippen molar-refractivity contribution in [1.29, 1.82) is 0 Å². The number of hydrazine groups is 1. The molecule has 1 amide bonds. The van der Waals surface area contributed by atoms with Crippen molar-refractivity contribution in [1.82, 2.24) is 10.0 Å². The number of methoxy groups -OCH3 is 1. The number of amides is 1. The van der Waals surface area contributed by atoms with E-state index in [1.165, 1.54) is 11.1 Å². The maximum Gasteiger partial charge on any atom is 0.237 e. The minimum Gasteiger partial charge on any atom is -0.383 e. The smallest absolute Gasteiger partial charge is 0.237 e. The van der Waals surface area contributed by atoms with Crippen LogP contribution in [0.25, 0.3) is 0 Å². The fourth-order valence-corrected chi connectivity index (χ4v) is 4.21. The largest absolute Gasteiger partial charge is 0.383 e. The van der Waals surface area contributed by atoms with Gasteiger partial charge >= 0.3 is 0 Å². The van der Waals surface area contributed by atoms with E-state index in [4.69, 9.17) is 4.74 Å². The zero-order valence-electron chi connectivity index (χ0n) is 15.0. The SMILES string of the molecule is CCCC[C@@H]1c2ccccc2CCC(=O)N1N1CCC[C@H]1COC. The summed E-state index contributed by atoms with van der Waals surface area (Å²) in [6.07, 6.45) is 7.05. The molecule has 3 rings (SSSR count). The number of carbonyl (C=O) groups is 1. The quantitative estimate of drug-likeness (QED) is 0.797. The molecular weight excluding hydrogens is 300 g/mol. The maximum absolute atomic E-state index is 13.0. The molecule has 1 saturated heterocycles. The highest BCUT2D eigenvalue weighted by Gasteiger charge is 2.38. The molecule has 1 fully saturated rings. The molecule has 24 heavy (non-hydrogen) atoms. The Kier molecular flexibility index (Phi) is 5.90. The zero-order valence-corrected chi connectivity index (χ0v) is 15.0. The molecule has 4 nitrogen and oxygen atoms in total. The molecule has 0 N–H and O–H groups in total. The van der Waals surface area contributed by atoms with E-state index in [2.05, 4.69) is 41.2 Å². The van der Waals surface area contributed by atoms with Crippen molar-refractivity contribution in [3.8, 4) is 0 Å². The molecule has 0 unspecified atom stereocenters. The predicted molar refractivity (Wildman–Crippen MR) is 95.5 cm³/mol. The zero-order chi connectivity index (χ0) is 16.9. The Labute approximate surface area is 145 Å². The molecule has 2 aliphatic rings. The lowest BCUT2D eigenvalue weighted by Gasteiger charge is -2.41. The van der Waals surface area contributed by atoms with Crippen LogP contribution in [0, 0.1) is 0 Å². The molecule has 1 aromatic carbocycles. The van der Waals surface area contributed by atoms with Gasteiger partial charge in [0.1, 0.15) is 0 Å². The molecule has 2 aliphatic heterocycles. The summed E-state index contributed by atoms with van der Waals surface area (Å²) < 4.78 is 5.42. The number of aryl methyl sites for hydroxylation is 1. The van der Waals surface area contributed by atoms with Crippen LogP contribution < -0.4 is 0 Å². The van der Waals surface area contributed by atoms with Gasteiger partial charge in [0.15, 0.2) is 0 Å². The van der Waals surface area contributed by atoms with Crippen molar-refractivity contribution in [2.24, 2.45) is 0 Å². The van der Waals surface area contributed by atoms with Gasteiger partial charge in [-0.1, -0.05) is 44.0 Å². The molecular formula is C20H30N2O2. The third kappa shape index (κ3) is 3.50. The molecule has 0 aliphatic carbocycles. The second kappa shape index (κ2) is 8.13. The second-order valence-corrected chi connectivity index (χ2v) is 7.01. The van der Waals surface area contributed by atoms with Crippen molar-refractivity contribution in [2.75, 3.05) is 20.3 Å². The van der Waals surface area contributed by atoms with Crippen LogP contribution in [-0.2, 0) is 16.0 Å². The van der Waals surface area contributed by atoms with Crippen molar-refractivity contribution >= 4 is 5.91 Å². The topological polar surface area (TPSA) is 32.8 Å². The van der Waals surface area contributed by atoms with E-state index in [9.17, 15) is 4.79 Å². The Hall–Kier alpha value is -1.39. The summed E-state index contributed by atoms with van der Waals surface area (Å²) in [5.41, 5.74) is 2.69. The number of fused-ring (bicyclic) bond motifs is 1. The number of carbonyl (C=O) groups excluding carboxylic acids is 1. The van der Waals surface area contributed by atoms with Gasteiger partial charge in [-0.25, -0.2) is 5.01 Å². The average Bonchev–Trinajstić information content (AvgIpc) is 2.99. The lowest BCUT2D eigenvalue weighted by atomic mass is 9.95. The van der Waals surface area contributed by atoms with Crippen LogP contribution >= 0.6 is 0 Å². The Morgan fingerprint density at radius 1 is 1.25 bits per heavy atom. The van der Waals surface area contributed by atoms with Gasteiger partial charge < -0.3 is 4.74 Å². The van der Waals surface area contributed by atoms with E-state index in [-0.39, 0.29) is 11.9 Å². The summed E-state index contributed by atoms with van der Waals surface area (Å²) in [7, 11) is 1.75. The fourth-order valence-electron chi connectivity index (χ4n) is 4.21. The molecule has 132 valence electrons. The van der Waals surface area contributed by atoms with Crippen LogP contribution in [0.5, 0.6) is 0 Å². The van der Waals surface area contributed by atoms with Crippen molar-refractivity contribution < 1.29 is 9.53 Å². The van der Waals surface area contributed by atoms with E-state index >= 15 is 0 Å². The predicted octanol–water partition coefficient (Wildman–Crippen LogP) is 3.72. The van der Waals surface area contributed by atoms with Gasteiger partial charge in [-0.05, 0) is 36.8 Å². The lowest BCUT2D eigenvalue weighted by Crippen LogP contribution is -2.51. The minimum atomic E-state index is 0.175. The van der Waals surface area contributed by atoms with Gasteiger partial charge in [0.25, 0.3) is 0 Å². The Morgan fingerprint density at radius 2 is 2.08 bits per heavy atom. The van der Waals surface area contributed by atoms with Gasteiger partial charge in [0.2, 0.25) is 5.91 Å². The first-order valence-corrected chi connectivity index (χ1v) is 9.41. The maximum atomic E-state index is 13.0. The van der Waals surface area contributed by atoms with Gasteiger partial charge in [0.05, 0.1) is 18.7 Å². The Morgan fingerprint density at radius 3 is 2.88 bits per heavy atom. The minimum absolute atomic E-state index is 0.175. The van der Waals surface area contributed by atoms with Crippen LogP contribution in [0.2, 0.25) is 0 Å². The molecule has 0 spiro atoms. The van der Waals surface area contributed by atoms with E-state index in [1.54, 1.807) is 7.11 Å². The summed E-state index contributed by atoms with van der Waals surface area (Å²) in [5, 5.41) is 4.42. The number of ether oxygens (including phenoxy) is 1. The van der Waals surface area contributed by atoms with Crippen molar-refractivity contribution in [2.45, 2.75) is 64.0 Å². The highest BCUT2D eigenvalue weighted by molar-refractivity contribution is 5.77. The highest BCUT2D eigenvalue weighted by Crippen LogP contribution is 2.36. The molecule has 1 aromatic rings. The van der Waals surface area contributed by atoms with E-state index in [0.29, 0.717) is 19.1 Å². The number of benzene rings is 1. The third-order valence-electron chi connectivity index (χ3n) is 5.39. The fraction of sp³-hybridized carbons (Fsp3) is 0.650. The summed E-state index contributed by atoms with van der Waals surface area (Å²) in [6, 6.07) is 9.13. The summed E-state index contributed by atoms with van der Waals surface area (Å²) in [4.78, 5) is 13.0. The molecule has 0 aromatic heterocycles. The van der Waals surface area contributed by atoms with Gasteiger partial charge in [-0.2, -0.15) is 0 Å². The molecule has 4 heteroatoms. The lowest BCUT2D eigenvalue weighted by molar-refractivity contribution is -0.160. The van der Waals surface area contributed by atoms with Gasteiger partial charge in [-0.15, -0.1) is 0 Å².